The molecular weight excluding hydrogens is 567 g/mol. The van der Waals surface area contributed by atoms with E-state index in [9.17, 15) is 0 Å². The standard InChI is InChI=1S/C39H23BN4O2/c1-5-16-28-24(12-1)25-13-2-6-17-29(25)42(28)31-19-8-9-20-32(31)43-33-21-11-23-35-36(33)40(44-30-18-7-4-15-27(30)41-39(43)44)38-37(45-35)26-14-3-10-22-34(26)46-38/h1-23H. The number of aromatic nitrogens is 3. The van der Waals surface area contributed by atoms with E-state index in [1.165, 1.54) is 10.8 Å². The average molecular weight is 590 g/mol. The Balaban J connectivity index is 1.25. The lowest BCUT2D eigenvalue weighted by Crippen LogP contribution is -2.56. The zero-order chi connectivity index (χ0) is 29.9. The maximum atomic E-state index is 6.72. The summed E-state index contributed by atoms with van der Waals surface area (Å²) in [5.74, 6) is 2.43. The molecule has 214 valence electrons. The smallest absolute Gasteiger partial charge is 0.383 e. The molecule has 0 amide bonds. The number of hydrogen-bond acceptors (Lipinski definition) is 4. The number of anilines is 3. The van der Waals surface area contributed by atoms with Gasteiger partial charge in [0.25, 0.3) is 0 Å². The minimum absolute atomic E-state index is 0.249. The molecule has 6 aromatic carbocycles. The lowest BCUT2D eigenvalue weighted by atomic mass is 9.50. The Morgan fingerprint density at radius 3 is 1.98 bits per heavy atom. The van der Waals surface area contributed by atoms with Crippen LogP contribution in [0.4, 0.5) is 17.3 Å². The zero-order valence-corrected chi connectivity index (χ0v) is 24.5. The number of fused-ring (bicyclic) bond motifs is 11. The van der Waals surface area contributed by atoms with Gasteiger partial charge in [-0.3, -0.25) is 4.90 Å². The van der Waals surface area contributed by atoms with Crippen LogP contribution in [0.25, 0.3) is 49.5 Å². The first-order valence-electron chi connectivity index (χ1n) is 15.5. The molecule has 0 aliphatic carbocycles. The van der Waals surface area contributed by atoms with Crippen molar-refractivity contribution >= 4 is 79.1 Å². The second-order valence-electron chi connectivity index (χ2n) is 11.9. The van der Waals surface area contributed by atoms with E-state index in [2.05, 4.69) is 129 Å². The average Bonchev–Trinajstić information content (AvgIpc) is 3.78. The van der Waals surface area contributed by atoms with Crippen LogP contribution in [0.3, 0.4) is 0 Å². The third-order valence-corrected chi connectivity index (χ3v) is 9.57. The van der Waals surface area contributed by atoms with Crippen LogP contribution in [-0.4, -0.2) is 20.9 Å². The van der Waals surface area contributed by atoms with Crippen LogP contribution in [0.15, 0.2) is 144 Å². The maximum Gasteiger partial charge on any atom is 0.383 e. The summed E-state index contributed by atoms with van der Waals surface area (Å²) in [5, 5.41) is 3.42. The number of ether oxygens (including phenoxy) is 1. The highest BCUT2D eigenvalue weighted by molar-refractivity contribution is 6.87. The molecule has 0 bridgehead atoms. The molecule has 2 aliphatic heterocycles. The van der Waals surface area contributed by atoms with Gasteiger partial charge in [0.1, 0.15) is 17.0 Å². The Morgan fingerprint density at radius 2 is 1.17 bits per heavy atom. The van der Waals surface area contributed by atoms with Gasteiger partial charge in [-0.2, -0.15) is 0 Å². The first kappa shape index (κ1) is 24.2. The highest BCUT2D eigenvalue weighted by atomic mass is 16.5. The number of imidazole rings is 1. The van der Waals surface area contributed by atoms with Crippen LogP contribution < -0.4 is 20.8 Å². The van der Waals surface area contributed by atoms with E-state index >= 15 is 0 Å². The number of furan rings is 1. The molecule has 2 aliphatic rings. The van der Waals surface area contributed by atoms with E-state index in [1.807, 2.05) is 24.3 Å². The molecule has 9 aromatic rings. The van der Waals surface area contributed by atoms with E-state index in [4.69, 9.17) is 14.1 Å². The van der Waals surface area contributed by atoms with Crippen LogP contribution in [0.5, 0.6) is 11.5 Å². The molecule has 0 radical (unpaired) electrons. The molecule has 0 unspecified atom stereocenters. The van der Waals surface area contributed by atoms with Crippen LogP contribution in [-0.2, 0) is 0 Å². The lowest BCUT2D eigenvalue weighted by Gasteiger charge is -2.38. The van der Waals surface area contributed by atoms with Gasteiger partial charge in [0.15, 0.2) is 5.75 Å². The van der Waals surface area contributed by atoms with Crippen molar-refractivity contribution in [3.63, 3.8) is 0 Å². The Kier molecular flexibility index (Phi) is 4.57. The molecule has 0 spiro atoms. The highest BCUT2D eigenvalue weighted by Gasteiger charge is 2.47. The van der Waals surface area contributed by atoms with E-state index < -0.39 is 0 Å². The minimum atomic E-state index is -0.249. The molecular formula is C39H23BN4O2. The SMILES string of the molecule is c1ccc(-n2c3ccccc3c3ccccc32)c(N2c3cccc4c3B(c3oc5ccccc5c3O4)n3c2nc2ccccc23)c1. The van der Waals surface area contributed by atoms with Crippen molar-refractivity contribution in [1.29, 1.82) is 0 Å². The van der Waals surface area contributed by atoms with Gasteiger partial charge < -0.3 is 18.2 Å². The van der Waals surface area contributed by atoms with Crippen LogP contribution in [0.1, 0.15) is 0 Å². The van der Waals surface area contributed by atoms with Gasteiger partial charge in [0.2, 0.25) is 5.95 Å². The van der Waals surface area contributed by atoms with E-state index in [0.717, 1.165) is 78.7 Å². The molecule has 3 aromatic heterocycles. The fourth-order valence-electron chi connectivity index (χ4n) is 7.72. The van der Waals surface area contributed by atoms with Crippen molar-refractivity contribution in [2.24, 2.45) is 0 Å². The minimum Gasteiger partial charge on any atom is -0.464 e. The van der Waals surface area contributed by atoms with Crippen molar-refractivity contribution in [2.45, 2.75) is 0 Å². The number of rotatable bonds is 2. The second kappa shape index (κ2) is 8.70. The molecule has 0 saturated heterocycles. The number of hydrogen-bond donors (Lipinski definition) is 0. The quantitative estimate of drug-likeness (QED) is 0.190. The Hall–Kier alpha value is -6.21. The number of nitrogens with zero attached hydrogens (tertiary/aromatic N) is 4. The topological polar surface area (TPSA) is 48.4 Å². The molecule has 7 heteroatoms. The van der Waals surface area contributed by atoms with Gasteiger partial charge in [-0.05, 0) is 60.7 Å². The molecule has 46 heavy (non-hydrogen) atoms. The monoisotopic (exact) mass is 590 g/mol. The largest absolute Gasteiger partial charge is 0.464 e. The molecule has 5 heterocycles. The molecule has 0 saturated carbocycles. The predicted octanol–water partition coefficient (Wildman–Crippen LogP) is 8.42. The van der Waals surface area contributed by atoms with Crippen molar-refractivity contribution in [3.05, 3.63) is 140 Å². The summed E-state index contributed by atoms with van der Waals surface area (Å²) in [6.45, 7) is -0.249. The zero-order valence-electron chi connectivity index (χ0n) is 24.5. The Bertz CT molecular complexity index is 2670. The number of benzene rings is 6. The summed E-state index contributed by atoms with van der Waals surface area (Å²) in [6.07, 6.45) is 0. The van der Waals surface area contributed by atoms with Gasteiger partial charge in [-0.25, -0.2) is 4.98 Å². The first-order valence-corrected chi connectivity index (χ1v) is 15.5. The Morgan fingerprint density at radius 1 is 0.543 bits per heavy atom. The maximum absolute atomic E-state index is 6.72. The van der Waals surface area contributed by atoms with Crippen LogP contribution in [0, 0.1) is 0 Å². The summed E-state index contributed by atoms with van der Waals surface area (Å²) in [6, 6.07) is 48.7. The van der Waals surface area contributed by atoms with Crippen LogP contribution in [0.2, 0.25) is 0 Å². The Labute approximate surface area is 263 Å². The van der Waals surface area contributed by atoms with E-state index in [-0.39, 0.29) is 6.85 Å². The van der Waals surface area contributed by atoms with Gasteiger partial charge in [-0.15, -0.1) is 0 Å². The molecule has 0 atom stereocenters. The summed E-state index contributed by atoms with van der Waals surface area (Å²) < 4.78 is 18.1. The van der Waals surface area contributed by atoms with E-state index in [1.54, 1.807) is 0 Å². The van der Waals surface area contributed by atoms with Crippen LogP contribution >= 0.6 is 0 Å². The lowest BCUT2D eigenvalue weighted by molar-refractivity contribution is 0.481. The predicted molar refractivity (Wildman–Crippen MR) is 185 cm³/mol. The fourth-order valence-corrected chi connectivity index (χ4v) is 7.72. The fraction of sp³-hybridized carbons (Fsp3) is 0. The normalized spacial score (nSPS) is 13.3. The van der Waals surface area contributed by atoms with E-state index in [0.29, 0.717) is 0 Å². The molecule has 0 fully saturated rings. The first-order chi connectivity index (χ1) is 22.8. The van der Waals surface area contributed by atoms with Gasteiger partial charge in [0, 0.05) is 21.9 Å². The summed E-state index contributed by atoms with van der Waals surface area (Å²) in [4.78, 5) is 7.63. The van der Waals surface area contributed by atoms with Crippen molar-refractivity contribution in [2.75, 3.05) is 4.90 Å². The molecule has 11 rings (SSSR count). The van der Waals surface area contributed by atoms with Gasteiger partial charge in [0.05, 0.1) is 38.8 Å². The third-order valence-electron chi connectivity index (χ3n) is 9.57. The van der Waals surface area contributed by atoms with Crippen molar-refractivity contribution in [3.8, 4) is 17.2 Å². The van der Waals surface area contributed by atoms with Crippen molar-refractivity contribution < 1.29 is 9.15 Å². The highest BCUT2D eigenvalue weighted by Crippen LogP contribution is 2.46. The second-order valence-corrected chi connectivity index (χ2v) is 11.9. The molecule has 0 N–H and O–H groups in total. The van der Waals surface area contributed by atoms with Crippen molar-refractivity contribution in [1.82, 2.24) is 14.0 Å². The van der Waals surface area contributed by atoms with Gasteiger partial charge in [-0.1, -0.05) is 78.9 Å². The summed E-state index contributed by atoms with van der Waals surface area (Å²) >= 11 is 0. The molecule has 6 nitrogen and oxygen atoms in total. The van der Waals surface area contributed by atoms with Gasteiger partial charge >= 0.3 is 6.85 Å². The summed E-state index contributed by atoms with van der Waals surface area (Å²) in [5.41, 5.74) is 10.0. The third kappa shape index (κ3) is 2.99. The summed E-state index contributed by atoms with van der Waals surface area (Å²) in [7, 11) is 0. The number of para-hydroxylation sites is 7.